The van der Waals surface area contributed by atoms with E-state index in [2.05, 4.69) is 29.0 Å². The second-order valence-corrected chi connectivity index (χ2v) is 9.90. The number of hydrogen-bond acceptors (Lipinski definition) is 5. The molecule has 8 nitrogen and oxygen atoms in total. The number of aryl methyl sites for hydroxylation is 1. The van der Waals surface area contributed by atoms with Gasteiger partial charge < -0.3 is 14.6 Å². The molecule has 1 fully saturated rings. The number of aromatic amines is 1. The van der Waals surface area contributed by atoms with Crippen LogP contribution in [0.3, 0.4) is 0 Å². The van der Waals surface area contributed by atoms with Crippen LogP contribution in [0.15, 0.2) is 66.0 Å². The molecule has 0 spiro atoms. The van der Waals surface area contributed by atoms with Gasteiger partial charge in [-0.15, -0.1) is 0 Å². The number of benzene rings is 1. The quantitative estimate of drug-likeness (QED) is 0.549. The fraction of sp³-hybridized carbons (Fsp3) is 0.333. The number of nitrogens with zero attached hydrogens (tertiary/aromatic N) is 3. The fourth-order valence-electron chi connectivity index (χ4n) is 3.77. The highest BCUT2D eigenvalue weighted by molar-refractivity contribution is 7.89. The minimum Gasteiger partial charge on any atom is -0.379 e. The summed E-state index contributed by atoms with van der Waals surface area (Å²) in [6.07, 6.45) is 5.74. The lowest BCUT2D eigenvalue weighted by molar-refractivity contribution is 0.0723. The Bertz CT molecular complexity index is 1170. The average Bonchev–Trinajstić information content (AvgIpc) is 3.36. The van der Waals surface area contributed by atoms with E-state index >= 15 is 0 Å². The Balaban J connectivity index is 1.57. The largest absolute Gasteiger partial charge is 0.379 e. The maximum Gasteiger partial charge on any atom is 0.270 e. The molecule has 9 heteroatoms. The molecule has 0 bridgehead atoms. The Morgan fingerprint density at radius 2 is 1.79 bits per heavy atom. The predicted octanol–water partition coefficient (Wildman–Crippen LogP) is 2.84. The number of amides is 1. The molecule has 3 heterocycles. The van der Waals surface area contributed by atoms with Crippen LogP contribution in [0.2, 0.25) is 0 Å². The van der Waals surface area contributed by atoms with E-state index in [0.717, 1.165) is 17.5 Å². The summed E-state index contributed by atoms with van der Waals surface area (Å²) in [5.41, 5.74) is 3.35. The van der Waals surface area contributed by atoms with Crippen molar-refractivity contribution in [1.82, 2.24) is 19.2 Å². The van der Waals surface area contributed by atoms with Crippen LogP contribution in [-0.2, 0) is 34.3 Å². The summed E-state index contributed by atoms with van der Waals surface area (Å²) in [5, 5.41) is 0. The number of hydrogen-bond donors (Lipinski definition) is 1. The van der Waals surface area contributed by atoms with Crippen LogP contribution in [0.5, 0.6) is 0 Å². The summed E-state index contributed by atoms with van der Waals surface area (Å²) in [6, 6.07) is 13.3. The summed E-state index contributed by atoms with van der Waals surface area (Å²) in [7, 11) is -3.68. The molecule has 0 aliphatic carbocycles. The van der Waals surface area contributed by atoms with Crippen LogP contribution in [0.25, 0.3) is 0 Å². The summed E-state index contributed by atoms with van der Waals surface area (Å²) in [5.74, 6) is -0.276. The van der Waals surface area contributed by atoms with Crippen molar-refractivity contribution in [2.45, 2.75) is 31.3 Å². The summed E-state index contributed by atoms with van der Waals surface area (Å²) in [6.45, 7) is 4.18. The number of aromatic nitrogens is 2. The topological polar surface area (TPSA) is 95.6 Å². The highest BCUT2D eigenvalue weighted by atomic mass is 32.2. The molecule has 0 saturated carbocycles. The number of morpholine rings is 1. The Kier molecular flexibility index (Phi) is 7.22. The monoisotopic (exact) mass is 468 g/mol. The smallest absolute Gasteiger partial charge is 0.270 e. The third-order valence-corrected chi connectivity index (χ3v) is 7.56. The first-order valence-electron chi connectivity index (χ1n) is 11.0. The van der Waals surface area contributed by atoms with Crippen molar-refractivity contribution >= 4 is 15.9 Å². The minimum absolute atomic E-state index is 0.0846. The van der Waals surface area contributed by atoms with Gasteiger partial charge in [0.1, 0.15) is 10.6 Å². The van der Waals surface area contributed by atoms with Gasteiger partial charge in [0.25, 0.3) is 5.91 Å². The van der Waals surface area contributed by atoms with Crippen LogP contribution in [0, 0.1) is 0 Å². The molecule has 1 aromatic carbocycles. The van der Waals surface area contributed by atoms with Crippen molar-refractivity contribution in [1.29, 1.82) is 0 Å². The van der Waals surface area contributed by atoms with Crippen molar-refractivity contribution in [2.75, 3.05) is 26.3 Å². The summed E-state index contributed by atoms with van der Waals surface area (Å²) in [4.78, 5) is 22.2. The summed E-state index contributed by atoms with van der Waals surface area (Å²) >= 11 is 0. The van der Waals surface area contributed by atoms with E-state index in [1.165, 1.54) is 22.1 Å². The SMILES string of the molecule is CCc1ccc(CN(Cc2cccnc2)C(=O)c2cc(S(=O)(=O)N3CCOCC3)c[nH]2)cc1. The number of carbonyl (C=O) groups is 1. The molecule has 1 saturated heterocycles. The molecule has 174 valence electrons. The van der Waals surface area contributed by atoms with E-state index in [9.17, 15) is 13.2 Å². The number of carbonyl (C=O) groups excluding carboxylic acids is 1. The molecular weight excluding hydrogens is 440 g/mol. The van der Waals surface area contributed by atoms with Gasteiger partial charge in [0.2, 0.25) is 10.0 Å². The maximum atomic E-state index is 13.4. The Morgan fingerprint density at radius 1 is 1.09 bits per heavy atom. The minimum atomic E-state index is -3.68. The maximum absolute atomic E-state index is 13.4. The Hall–Kier alpha value is -3.01. The standard InChI is InChI=1S/C24H28N4O4S/c1-2-19-5-7-20(8-6-19)17-27(18-21-4-3-9-25-15-21)24(29)23-14-22(16-26-23)33(30,31)28-10-12-32-13-11-28/h3-9,14-16,26H,2,10-13,17-18H2,1H3. The predicted molar refractivity (Wildman–Crippen MR) is 124 cm³/mol. The van der Waals surface area contributed by atoms with Gasteiger partial charge in [-0.25, -0.2) is 8.42 Å². The molecule has 0 atom stereocenters. The van der Waals surface area contributed by atoms with Gasteiger partial charge in [0, 0.05) is 44.8 Å². The van der Waals surface area contributed by atoms with Crippen LogP contribution >= 0.6 is 0 Å². The second-order valence-electron chi connectivity index (χ2n) is 7.96. The van der Waals surface area contributed by atoms with E-state index in [-0.39, 0.29) is 16.5 Å². The zero-order chi connectivity index (χ0) is 23.3. The van der Waals surface area contributed by atoms with Crippen LogP contribution in [-0.4, -0.2) is 59.8 Å². The second kappa shape index (κ2) is 10.3. The first-order chi connectivity index (χ1) is 16.0. The molecule has 33 heavy (non-hydrogen) atoms. The summed E-state index contributed by atoms with van der Waals surface area (Å²) < 4.78 is 32.5. The lowest BCUT2D eigenvalue weighted by Crippen LogP contribution is -2.40. The van der Waals surface area contributed by atoms with Gasteiger partial charge in [-0.2, -0.15) is 4.31 Å². The normalized spacial score (nSPS) is 14.8. The molecular formula is C24H28N4O4S. The van der Waals surface area contributed by atoms with Crippen LogP contribution < -0.4 is 0 Å². The van der Waals surface area contributed by atoms with Crippen molar-refractivity contribution < 1.29 is 17.9 Å². The number of rotatable bonds is 8. The number of ether oxygens (including phenoxy) is 1. The highest BCUT2D eigenvalue weighted by Gasteiger charge is 2.29. The van der Waals surface area contributed by atoms with Gasteiger partial charge in [0.05, 0.1) is 13.2 Å². The van der Waals surface area contributed by atoms with Gasteiger partial charge in [-0.3, -0.25) is 9.78 Å². The third kappa shape index (κ3) is 5.50. The van der Waals surface area contributed by atoms with Gasteiger partial charge in [0.15, 0.2) is 0 Å². The molecule has 1 aliphatic rings. The molecule has 2 aromatic heterocycles. The molecule has 4 rings (SSSR count). The molecule has 1 aliphatic heterocycles. The van der Waals surface area contributed by atoms with E-state index < -0.39 is 10.0 Å². The van der Waals surface area contributed by atoms with E-state index in [1.54, 1.807) is 17.3 Å². The van der Waals surface area contributed by atoms with Crippen LogP contribution in [0.4, 0.5) is 0 Å². The lowest BCUT2D eigenvalue weighted by Gasteiger charge is -2.25. The lowest BCUT2D eigenvalue weighted by atomic mass is 10.1. The molecule has 1 N–H and O–H groups in total. The Morgan fingerprint density at radius 3 is 2.45 bits per heavy atom. The third-order valence-electron chi connectivity index (χ3n) is 5.68. The van der Waals surface area contributed by atoms with E-state index in [4.69, 9.17) is 4.74 Å². The van der Waals surface area contributed by atoms with Gasteiger partial charge in [-0.05, 0) is 35.2 Å². The van der Waals surface area contributed by atoms with E-state index in [1.807, 2.05) is 24.3 Å². The van der Waals surface area contributed by atoms with E-state index in [0.29, 0.717) is 39.4 Å². The first kappa shape index (κ1) is 23.2. The molecule has 0 radical (unpaired) electrons. The number of pyridine rings is 1. The van der Waals surface area contributed by atoms with Crippen molar-refractivity contribution in [3.8, 4) is 0 Å². The zero-order valence-corrected chi connectivity index (χ0v) is 19.4. The fourth-order valence-corrected chi connectivity index (χ4v) is 5.17. The molecule has 3 aromatic rings. The average molecular weight is 469 g/mol. The molecule has 1 amide bonds. The zero-order valence-electron chi connectivity index (χ0n) is 18.6. The highest BCUT2D eigenvalue weighted by Crippen LogP contribution is 2.20. The van der Waals surface area contributed by atoms with Gasteiger partial charge >= 0.3 is 0 Å². The van der Waals surface area contributed by atoms with Crippen molar-refractivity contribution in [3.05, 3.63) is 83.4 Å². The number of H-pyrrole nitrogens is 1. The number of nitrogens with one attached hydrogen (secondary N) is 1. The van der Waals surface area contributed by atoms with Crippen molar-refractivity contribution in [3.63, 3.8) is 0 Å². The first-order valence-corrected chi connectivity index (χ1v) is 12.4. The van der Waals surface area contributed by atoms with Gasteiger partial charge in [-0.1, -0.05) is 37.3 Å². The van der Waals surface area contributed by atoms with Crippen LogP contribution in [0.1, 0.15) is 34.1 Å². The van der Waals surface area contributed by atoms with Crippen molar-refractivity contribution in [2.24, 2.45) is 0 Å². The number of sulfonamides is 1. The molecule has 0 unspecified atom stereocenters. The Labute approximate surface area is 194 Å².